The van der Waals surface area contributed by atoms with Crippen LogP contribution in [-0.4, -0.2) is 0 Å². The van der Waals surface area contributed by atoms with Gasteiger partial charge in [0.25, 0.3) is 0 Å². The van der Waals surface area contributed by atoms with Crippen LogP contribution in [0.25, 0.3) is 98.8 Å². The molecule has 10 rings (SSSR count). The largest absolute Gasteiger partial charge is 0.456 e. The summed E-state index contributed by atoms with van der Waals surface area (Å²) < 4.78 is 6.41. The van der Waals surface area contributed by atoms with Crippen LogP contribution in [-0.2, 0) is 0 Å². The first kappa shape index (κ1) is 27.7. The van der Waals surface area contributed by atoms with Gasteiger partial charge in [0.15, 0.2) is 0 Å². The Balaban J connectivity index is 1.33. The van der Waals surface area contributed by atoms with Gasteiger partial charge >= 0.3 is 0 Å². The number of hydrogen-bond donors (Lipinski definition) is 0. The minimum Gasteiger partial charge on any atom is -0.456 e. The molecule has 1 aromatic heterocycles. The van der Waals surface area contributed by atoms with Crippen LogP contribution in [0.1, 0.15) is 0 Å². The summed E-state index contributed by atoms with van der Waals surface area (Å²) in [5.41, 5.74) is 11.6. The Morgan fingerprint density at radius 2 is 0.796 bits per heavy atom. The monoisotopic (exact) mass is 622 g/mol. The van der Waals surface area contributed by atoms with Crippen LogP contribution in [0.15, 0.2) is 186 Å². The van der Waals surface area contributed by atoms with Crippen molar-refractivity contribution in [1.29, 1.82) is 0 Å². The summed E-state index contributed by atoms with van der Waals surface area (Å²) in [7, 11) is 0. The van der Waals surface area contributed by atoms with Crippen molar-refractivity contribution in [3.05, 3.63) is 182 Å². The zero-order valence-corrected chi connectivity index (χ0v) is 26.7. The van der Waals surface area contributed by atoms with Crippen molar-refractivity contribution >= 4 is 54.3 Å². The first-order valence-electron chi connectivity index (χ1n) is 16.9. The molecule has 1 heteroatoms. The number of benzene rings is 9. The van der Waals surface area contributed by atoms with Crippen molar-refractivity contribution in [1.82, 2.24) is 0 Å². The van der Waals surface area contributed by atoms with Crippen molar-refractivity contribution in [3.63, 3.8) is 0 Å². The molecule has 0 spiro atoms. The molecule has 0 fully saturated rings. The summed E-state index contributed by atoms with van der Waals surface area (Å²) in [6, 6.07) is 65.8. The van der Waals surface area contributed by atoms with E-state index in [2.05, 4.69) is 182 Å². The third-order valence-electron chi connectivity index (χ3n) is 10.1. The van der Waals surface area contributed by atoms with E-state index < -0.39 is 0 Å². The first-order chi connectivity index (χ1) is 24.3. The lowest BCUT2D eigenvalue weighted by molar-refractivity contribution is 0.669. The molecule has 0 bridgehead atoms. The molecule has 0 N–H and O–H groups in total. The molecule has 0 saturated heterocycles. The summed E-state index contributed by atoms with van der Waals surface area (Å²) in [5.74, 6) is 0. The molecule has 1 nitrogen and oxygen atoms in total. The van der Waals surface area contributed by atoms with Gasteiger partial charge in [-0.25, -0.2) is 0 Å². The second kappa shape index (κ2) is 11.1. The van der Waals surface area contributed by atoms with Gasteiger partial charge in [0, 0.05) is 10.8 Å². The Kier molecular flexibility index (Phi) is 6.25. The van der Waals surface area contributed by atoms with Gasteiger partial charge in [-0.1, -0.05) is 164 Å². The van der Waals surface area contributed by atoms with Gasteiger partial charge in [-0.15, -0.1) is 0 Å². The predicted molar refractivity (Wildman–Crippen MR) is 208 cm³/mol. The molecular weight excluding hydrogens is 593 g/mol. The Morgan fingerprint density at radius 1 is 0.286 bits per heavy atom. The summed E-state index contributed by atoms with van der Waals surface area (Å²) in [5, 5.41) is 9.68. The topological polar surface area (TPSA) is 13.1 Å². The van der Waals surface area contributed by atoms with Gasteiger partial charge in [0.1, 0.15) is 11.2 Å². The Morgan fingerprint density at radius 3 is 1.41 bits per heavy atom. The van der Waals surface area contributed by atoms with E-state index in [9.17, 15) is 0 Å². The SMILES string of the molecule is c1ccc(-c2cccc(-c3ccccc3)c2-c2c3ccccc3c(-c3ccc4oc5ccc6ccccc6c5c4c3)c3ccccc23)cc1. The highest BCUT2D eigenvalue weighted by molar-refractivity contribution is 6.25. The Hall–Kier alpha value is -6.44. The number of furan rings is 1. The van der Waals surface area contributed by atoms with Crippen molar-refractivity contribution in [2.45, 2.75) is 0 Å². The van der Waals surface area contributed by atoms with Gasteiger partial charge in [0.05, 0.1) is 0 Å². The van der Waals surface area contributed by atoms with Gasteiger partial charge in [-0.05, 0) is 95.0 Å². The molecule has 0 aliphatic rings. The van der Waals surface area contributed by atoms with E-state index in [1.54, 1.807) is 0 Å². The molecule has 1 heterocycles. The molecule has 0 saturated carbocycles. The van der Waals surface area contributed by atoms with Gasteiger partial charge in [0.2, 0.25) is 0 Å². The fourth-order valence-corrected chi connectivity index (χ4v) is 7.95. The van der Waals surface area contributed by atoms with E-state index in [0.717, 1.165) is 16.6 Å². The predicted octanol–water partition coefficient (Wildman–Crippen LogP) is 13.7. The fourth-order valence-electron chi connectivity index (χ4n) is 7.95. The minimum atomic E-state index is 0.907. The zero-order chi connectivity index (χ0) is 32.3. The minimum absolute atomic E-state index is 0.907. The average Bonchev–Trinajstić information content (AvgIpc) is 3.56. The lowest BCUT2D eigenvalue weighted by atomic mass is 9.81. The van der Waals surface area contributed by atoms with Crippen LogP contribution in [0.3, 0.4) is 0 Å². The third kappa shape index (κ3) is 4.33. The van der Waals surface area contributed by atoms with E-state index in [-0.39, 0.29) is 0 Å². The second-order valence-electron chi connectivity index (χ2n) is 12.8. The molecule has 9 aromatic carbocycles. The highest BCUT2D eigenvalue weighted by Crippen LogP contribution is 2.49. The van der Waals surface area contributed by atoms with Crippen LogP contribution in [0.5, 0.6) is 0 Å². The molecule has 49 heavy (non-hydrogen) atoms. The number of fused-ring (bicyclic) bond motifs is 7. The maximum atomic E-state index is 6.41. The lowest BCUT2D eigenvalue weighted by Gasteiger charge is -2.22. The molecule has 0 aliphatic heterocycles. The van der Waals surface area contributed by atoms with Gasteiger partial charge in [-0.3, -0.25) is 0 Å². The van der Waals surface area contributed by atoms with Crippen LogP contribution in [0, 0.1) is 0 Å². The van der Waals surface area contributed by atoms with Crippen LogP contribution >= 0.6 is 0 Å². The van der Waals surface area contributed by atoms with Crippen molar-refractivity contribution in [2.24, 2.45) is 0 Å². The molecule has 0 unspecified atom stereocenters. The Bertz CT molecular complexity index is 2750. The van der Waals surface area contributed by atoms with Gasteiger partial charge < -0.3 is 4.42 Å². The highest BCUT2D eigenvalue weighted by atomic mass is 16.3. The third-order valence-corrected chi connectivity index (χ3v) is 10.1. The summed E-state index contributed by atoms with van der Waals surface area (Å²) in [4.78, 5) is 0. The van der Waals surface area contributed by atoms with E-state index >= 15 is 0 Å². The maximum Gasteiger partial charge on any atom is 0.136 e. The summed E-state index contributed by atoms with van der Waals surface area (Å²) >= 11 is 0. The molecular formula is C48H30O. The summed E-state index contributed by atoms with van der Waals surface area (Å²) in [6.07, 6.45) is 0. The second-order valence-corrected chi connectivity index (χ2v) is 12.8. The average molecular weight is 623 g/mol. The van der Waals surface area contributed by atoms with E-state index in [1.807, 2.05) is 0 Å². The van der Waals surface area contributed by atoms with Gasteiger partial charge in [-0.2, -0.15) is 0 Å². The molecule has 0 atom stereocenters. The quantitative estimate of drug-likeness (QED) is 0.178. The van der Waals surface area contributed by atoms with Crippen LogP contribution in [0.4, 0.5) is 0 Å². The van der Waals surface area contributed by atoms with Crippen molar-refractivity contribution in [2.75, 3.05) is 0 Å². The Labute approximate surface area is 284 Å². The standard InChI is InChI=1S/C48H30O/c1-3-14-31(15-4-1)36-24-13-25-37(32-16-5-2-6-17-32)47(36)48-40-22-11-9-20-38(40)45(39-21-10-12-23-41(39)48)34-27-28-43-42(30-34)46-35-19-8-7-18-33(35)26-29-44(46)49-43/h1-30H. The van der Waals surface area contributed by atoms with Crippen LogP contribution in [0.2, 0.25) is 0 Å². The summed E-state index contributed by atoms with van der Waals surface area (Å²) in [6.45, 7) is 0. The van der Waals surface area contributed by atoms with E-state index in [4.69, 9.17) is 4.42 Å². The van der Waals surface area contributed by atoms with Crippen molar-refractivity contribution < 1.29 is 4.42 Å². The van der Waals surface area contributed by atoms with E-state index in [0.29, 0.717) is 0 Å². The molecule has 10 aromatic rings. The number of hydrogen-bond acceptors (Lipinski definition) is 1. The first-order valence-corrected chi connectivity index (χ1v) is 16.9. The molecule has 0 amide bonds. The van der Waals surface area contributed by atoms with Crippen LogP contribution < -0.4 is 0 Å². The van der Waals surface area contributed by atoms with E-state index in [1.165, 1.54) is 82.2 Å². The zero-order valence-electron chi connectivity index (χ0n) is 26.7. The smallest absolute Gasteiger partial charge is 0.136 e. The maximum absolute atomic E-state index is 6.41. The molecule has 0 aliphatic carbocycles. The fraction of sp³-hybridized carbons (Fsp3) is 0. The molecule has 0 radical (unpaired) electrons. The normalized spacial score (nSPS) is 11.7. The number of rotatable bonds is 4. The highest BCUT2D eigenvalue weighted by Gasteiger charge is 2.22. The molecule has 228 valence electrons. The van der Waals surface area contributed by atoms with Crippen molar-refractivity contribution in [3.8, 4) is 44.5 Å². The lowest BCUT2D eigenvalue weighted by Crippen LogP contribution is -1.95.